The molecule has 0 saturated heterocycles. The van der Waals surface area contributed by atoms with Gasteiger partial charge in [0.05, 0.1) is 25.3 Å². The Balaban J connectivity index is 2.61. The average Bonchev–Trinajstić information content (AvgIpc) is 2.29. The summed E-state index contributed by atoms with van der Waals surface area (Å²) in [4.78, 5) is 30.5. The number of rotatable bonds is 6. The highest BCUT2D eigenvalue weighted by Gasteiger charge is 2.19. The molecule has 92 valence electrons. The summed E-state index contributed by atoms with van der Waals surface area (Å²) in [5, 5.41) is 2.84. The zero-order chi connectivity index (χ0) is 12.7. The van der Waals surface area contributed by atoms with E-state index in [0.717, 1.165) is 0 Å². The highest BCUT2D eigenvalue weighted by molar-refractivity contribution is 5.88. The van der Waals surface area contributed by atoms with Crippen molar-refractivity contribution in [2.45, 2.75) is 26.3 Å². The second kappa shape index (κ2) is 6.57. The molecule has 1 unspecified atom stereocenters. The maximum Gasteiger partial charge on any atom is 0.308 e. The van der Waals surface area contributed by atoms with Crippen molar-refractivity contribution in [1.82, 2.24) is 9.97 Å². The number of nitrogens with zero attached hydrogens (tertiary/aromatic N) is 2. The molecule has 1 rings (SSSR count). The van der Waals surface area contributed by atoms with Crippen molar-refractivity contribution >= 4 is 17.6 Å². The van der Waals surface area contributed by atoms with E-state index < -0.39 is 12.0 Å². The van der Waals surface area contributed by atoms with Crippen LogP contribution in [-0.4, -0.2) is 34.4 Å². The van der Waals surface area contributed by atoms with E-state index in [2.05, 4.69) is 15.3 Å². The Morgan fingerprint density at radius 3 is 2.76 bits per heavy atom. The number of aromatic nitrogens is 2. The first-order valence-electron chi connectivity index (χ1n) is 5.32. The standard InChI is InChI=1S/C11H15N3O3/c1-3-17-11(16)6-9(8(2)15)14-10-7-12-4-5-13-10/h4-5,7,9H,3,6H2,1-2H3,(H,13,14). The van der Waals surface area contributed by atoms with Crippen LogP contribution in [0.3, 0.4) is 0 Å². The first-order valence-corrected chi connectivity index (χ1v) is 5.32. The lowest BCUT2D eigenvalue weighted by Gasteiger charge is -2.15. The Morgan fingerprint density at radius 1 is 1.47 bits per heavy atom. The number of anilines is 1. The molecule has 6 heteroatoms. The van der Waals surface area contributed by atoms with E-state index >= 15 is 0 Å². The van der Waals surface area contributed by atoms with Crippen molar-refractivity contribution in [3.63, 3.8) is 0 Å². The van der Waals surface area contributed by atoms with Gasteiger partial charge in [0.15, 0.2) is 5.78 Å². The summed E-state index contributed by atoms with van der Waals surface area (Å²) in [6, 6.07) is -0.634. The molecule has 0 amide bonds. The zero-order valence-electron chi connectivity index (χ0n) is 9.84. The SMILES string of the molecule is CCOC(=O)CC(Nc1cnccn1)C(C)=O. The number of esters is 1. The summed E-state index contributed by atoms with van der Waals surface area (Å²) in [7, 11) is 0. The van der Waals surface area contributed by atoms with Crippen molar-refractivity contribution in [1.29, 1.82) is 0 Å². The Kier molecular flexibility index (Phi) is 5.06. The predicted molar refractivity (Wildman–Crippen MR) is 61.4 cm³/mol. The van der Waals surface area contributed by atoms with Crippen molar-refractivity contribution in [2.24, 2.45) is 0 Å². The molecule has 1 N–H and O–H groups in total. The Hall–Kier alpha value is -1.98. The Bertz CT molecular complexity index is 381. The van der Waals surface area contributed by atoms with Crippen LogP contribution in [0.1, 0.15) is 20.3 Å². The maximum atomic E-state index is 11.4. The van der Waals surface area contributed by atoms with Gasteiger partial charge in [0.1, 0.15) is 5.82 Å². The molecule has 1 aromatic heterocycles. The second-order valence-electron chi connectivity index (χ2n) is 3.41. The van der Waals surface area contributed by atoms with Crippen LogP contribution in [0, 0.1) is 0 Å². The molecule has 0 aromatic carbocycles. The molecule has 1 atom stereocenters. The van der Waals surface area contributed by atoms with Crippen LogP contribution >= 0.6 is 0 Å². The van der Waals surface area contributed by atoms with E-state index in [1.165, 1.54) is 25.5 Å². The van der Waals surface area contributed by atoms with Gasteiger partial charge in [-0.2, -0.15) is 0 Å². The quantitative estimate of drug-likeness (QED) is 0.737. The van der Waals surface area contributed by atoms with Gasteiger partial charge in [-0.05, 0) is 13.8 Å². The van der Waals surface area contributed by atoms with Crippen LogP contribution in [0.25, 0.3) is 0 Å². The van der Waals surface area contributed by atoms with Gasteiger partial charge in [0.2, 0.25) is 0 Å². The van der Waals surface area contributed by atoms with Crippen LogP contribution in [0.5, 0.6) is 0 Å². The fourth-order valence-electron chi connectivity index (χ4n) is 1.24. The smallest absolute Gasteiger partial charge is 0.308 e. The summed E-state index contributed by atoms with van der Waals surface area (Å²) in [6.45, 7) is 3.43. The van der Waals surface area contributed by atoms with Gasteiger partial charge in [-0.3, -0.25) is 14.6 Å². The van der Waals surface area contributed by atoms with Gasteiger partial charge in [-0.15, -0.1) is 0 Å². The van der Waals surface area contributed by atoms with Gasteiger partial charge in [-0.1, -0.05) is 0 Å². The highest BCUT2D eigenvalue weighted by Crippen LogP contribution is 2.06. The van der Waals surface area contributed by atoms with Crippen LogP contribution in [0.15, 0.2) is 18.6 Å². The molecule has 0 aliphatic carbocycles. The monoisotopic (exact) mass is 237 g/mol. The molecular weight excluding hydrogens is 222 g/mol. The van der Waals surface area contributed by atoms with Crippen molar-refractivity contribution < 1.29 is 14.3 Å². The molecule has 17 heavy (non-hydrogen) atoms. The first kappa shape index (κ1) is 13.1. The number of carbonyl (C=O) groups is 2. The Labute approximate surface area is 99.4 Å². The summed E-state index contributed by atoms with van der Waals surface area (Å²) >= 11 is 0. The number of ether oxygens (including phenoxy) is 1. The van der Waals surface area contributed by atoms with Crippen LogP contribution < -0.4 is 5.32 Å². The van der Waals surface area contributed by atoms with Crippen LogP contribution in [-0.2, 0) is 14.3 Å². The van der Waals surface area contributed by atoms with Crippen LogP contribution in [0.4, 0.5) is 5.82 Å². The highest BCUT2D eigenvalue weighted by atomic mass is 16.5. The molecule has 0 radical (unpaired) electrons. The molecular formula is C11H15N3O3. The van der Waals surface area contributed by atoms with Crippen molar-refractivity contribution in [3.8, 4) is 0 Å². The fraction of sp³-hybridized carbons (Fsp3) is 0.455. The van der Waals surface area contributed by atoms with E-state index in [9.17, 15) is 9.59 Å². The molecule has 1 heterocycles. The molecule has 1 aromatic rings. The lowest BCUT2D eigenvalue weighted by Crippen LogP contribution is -2.31. The number of carbonyl (C=O) groups excluding carboxylic acids is 2. The van der Waals surface area contributed by atoms with Gasteiger partial charge < -0.3 is 10.1 Å². The molecule has 0 bridgehead atoms. The van der Waals surface area contributed by atoms with E-state index in [-0.39, 0.29) is 12.2 Å². The molecule has 0 aliphatic rings. The van der Waals surface area contributed by atoms with E-state index in [4.69, 9.17) is 4.74 Å². The third-order valence-corrected chi connectivity index (χ3v) is 2.05. The third kappa shape index (κ3) is 4.58. The predicted octanol–water partition coefficient (Wildman–Crippen LogP) is 0.799. The lowest BCUT2D eigenvalue weighted by atomic mass is 10.1. The minimum atomic E-state index is -0.634. The minimum Gasteiger partial charge on any atom is -0.466 e. The normalized spacial score (nSPS) is 11.6. The van der Waals surface area contributed by atoms with Gasteiger partial charge in [0.25, 0.3) is 0 Å². The van der Waals surface area contributed by atoms with E-state index in [1.54, 1.807) is 6.92 Å². The zero-order valence-corrected chi connectivity index (χ0v) is 9.84. The van der Waals surface area contributed by atoms with Crippen LogP contribution in [0.2, 0.25) is 0 Å². The second-order valence-corrected chi connectivity index (χ2v) is 3.41. The number of hydrogen-bond acceptors (Lipinski definition) is 6. The van der Waals surface area contributed by atoms with Gasteiger partial charge >= 0.3 is 5.97 Å². The molecule has 0 saturated carbocycles. The number of Topliss-reactive ketones (excluding diaryl/α,β-unsaturated/α-hetero) is 1. The van der Waals surface area contributed by atoms with Gasteiger partial charge in [0, 0.05) is 12.4 Å². The molecule has 6 nitrogen and oxygen atoms in total. The maximum absolute atomic E-state index is 11.4. The number of hydrogen-bond donors (Lipinski definition) is 1. The van der Waals surface area contributed by atoms with Gasteiger partial charge in [-0.25, -0.2) is 4.98 Å². The Morgan fingerprint density at radius 2 is 2.24 bits per heavy atom. The minimum absolute atomic E-state index is 0.0141. The largest absolute Gasteiger partial charge is 0.466 e. The summed E-state index contributed by atoms with van der Waals surface area (Å²) in [5.41, 5.74) is 0. The summed E-state index contributed by atoms with van der Waals surface area (Å²) < 4.78 is 4.79. The molecule has 0 fully saturated rings. The van der Waals surface area contributed by atoms with E-state index in [1.807, 2.05) is 0 Å². The van der Waals surface area contributed by atoms with Crippen molar-refractivity contribution in [2.75, 3.05) is 11.9 Å². The topological polar surface area (TPSA) is 81.2 Å². The lowest BCUT2D eigenvalue weighted by molar-refractivity contribution is -0.144. The molecule has 0 aliphatic heterocycles. The third-order valence-electron chi connectivity index (χ3n) is 2.05. The number of ketones is 1. The van der Waals surface area contributed by atoms with Crippen molar-refractivity contribution in [3.05, 3.63) is 18.6 Å². The number of nitrogens with one attached hydrogen (secondary N) is 1. The average molecular weight is 237 g/mol. The molecule has 0 spiro atoms. The summed E-state index contributed by atoms with van der Waals surface area (Å²) in [6.07, 6.45) is 4.50. The van der Waals surface area contributed by atoms with E-state index in [0.29, 0.717) is 12.4 Å². The summed E-state index contributed by atoms with van der Waals surface area (Å²) in [5.74, 6) is -0.107. The first-order chi connectivity index (χ1) is 8.13. The fourth-order valence-corrected chi connectivity index (χ4v) is 1.24.